The van der Waals surface area contributed by atoms with E-state index in [1.165, 1.54) is 19.3 Å². The number of hydrogen-bond donors (Lipinski definition) is 2. The van der Waals surface area contributed by atoms with Crippen LogP contribution in [0.5, 0.6) is 5.75 Å². The van der Waals surface area contributed by atoms with Gasteiger partial charge in [0.25, 0.3) is 0 Å². The Morgan fingerprint density at radius 3 is 2.64 bits per heavy atom. The zero-order valence-corrected chi connectivity index (χ0v) is 16.1. The van der Waals surface area contributed by atoms with Gasteiger partial charge >= 0.3 is 0 Å². The molecule has 0 aromatic heterocycles. The standard InChI is InChI=1S/C20H30N2O2.ClH/c1-3-24-18-9-5-6-14(12-18)13(2)22-20(23)17-10-15-7-4-8-16(11-17)19(15)21;/h5-6,9,12-13,15-17,19H,3-4,7-8,10-11,21H2,1-2H3,(H,22,23);1H. The number of carbonyl (C=O) groups is 1. The van der Waals surface area contributed by atoms with Crippen molar-refractivity contribution in [3.8, 4) is 5.75 Å². The monoisotopic (exact) mass is 366 g/mol. The maximum absolute atomic E-state index is 12.7. The highest BCUT2D eigenvalue weighted by Gasteiger charge is 2.40. The van der Waals surface area contributed by atoms with Crippen LogP contribution in [0.1, 0.15) is 57.6 Å². The second-order valence-corrected chi connectivity index (χ2v) is 7.43. The lowest BCUT2D eigenvalue weighted by molar-refractivity contribution is -0.128. The van der Waals surface area contributed by atoms with Crippen LogP contribution in [0.4, 0.5) is 0 Å². The molecule has 4 nitrogen and oxygen atoms in total. The molecule has 1 aromatic rings. The summed E-state index contributed by atoms with van der Waals surface area (Å²) < 4.78 is 5.55. The highest BCUT2D eigenvalue weighted by atomic mass is 35.5. The first-order valence-electron chi connectivity index (χ1n) is 9.37. The first-order chi connectivity index (χ1) is 11.6. The topological polar surface area (TPSA) is 64.3 Å². The van der Waals surface area contributed by atoms with Crippen LogP contribution < -0.4 is 15.8 Å². The molecular weight excluding hydrogens is 336 g/mol. The minimum Gasteiger partial charge on any atom is -0.494 e. The molecule has 2 fully saturated rings. The molecule has 2 bridgehead atoms. The van der Waals surface area contributed by atoms with E-state index in [0.29, 0.717) is 24.5 Å². The zero-order valence-electron chi connectivity index (χ0n) is 15.2. The molecule has 140 valence electrons. The largest absolute Gasteiger partial charge is 0.494 e. The molecule has 3 rings (SSSR count). The van der Waals surface area contributed by atoms with E-state index in [2.05, 4.69) is 5.32 Å². The van der Waals surface area contributed by atoms with E-state index < -0.39 is 0 Å². The van der Waals surface area contributed by atoms with E-state index in [9.17, 15) is 4.79 Å². The molecule has 0 spiro atoms. The lowest BCUT2D eigenvalue weighted by Gasteiger charge is -2.43. The first-order valence-corrected chi connectivity index (χ1v) is 9.37. The Kier molecular flexibility index (Phi) is 7.14. The number of hydrogen-bond acceptors (Lipinski definition) is 3. The highest BCUT2D eigenvalue weighted by Crippen LogP contribution is 2.42. The fourth-order valence-electron chi connectivity index (χ4n) is 4.46. The normalized spacial score (nSPS) is 29.2. The van der Waals surface area contributed by atoms with Gasteiger partial charge in [0.1, 0.15) is 5.75 Å². The van der Waals surface area contributed by atoms with Crippen molar-refractivity contribution < 1.29 is 9.53 Å². The van der Waals surface area contributed by atoms with Crippen molar-refractivity contribution >= 4 is 18.3 Å². The second-order valence-electron chi connectivity index (χ2n) is 7.43. The number of nitrogens with two attached hydrogens (primary N) is 1. The molecular formula is C20H31ClN2O2. The third-order valence-corrected chi connectivity index (χ3v) is 5.81. The fraction of sp³-hybridized carbons (Fsp3) is 0.650. The van der Waals surface area contributed by atoms with Crippen LogP contribution in [0.25, 0.3) is 0 Å². The SMILES string of the molecule is CCOc1cccc(C(C)NC(=O)C2CC3CCCC(C2)C3N)c1.Cl. The average molecular weight is 367 g/mol. The first kappa shape index (κ1) is 20.1. The van der Waals surface area contributed by atoms with Gasteiger partial charge in [-0.15, -0.1) is 12.4 Å². The van der Waals surface area contributed by atoms with Crippen molar-refractivity contribution in [2.24, 2.45) is 23.5 Å². The number of rotatable bonds is 5. The van der Waals surface area contributed by atoms with E-state index in [0.717, 1.165) is 24.2 Å². The molecule has 0 saturated heterocycles. The van der Waals surface area contributed by atoms with Gasteiger partial charge in [-0.1, -0.05) is 18.6 Å². The Labute approximate surface area is 157 Å². The van der Waals surface area contributed by atoms with Crippen molar-refractivity contribution in [3.05, 3.63) is 29.8 Å². The highest BCUT2D eigenvalue weighted by molar-refractivity contribution is 5.85. The maximum Gasteiger partial charge on any atom is 0.223 e. The number of amides is 1. The van der Waals surface area contributed by atoms with Gasteiger partial charge < -0.3 is 15.8 Å². The van der Waals surface area contributed by atoms with Crippen LogP contribution in [0.15, 0.2) is 24.3 Å². The van der Waals surface area contributed by atoms with Crippen molar-refractivity contribution in [2.45, 2.75) is 58.0 Å². The number of nitrogens with one attached hydrogen (secondary N) is 1. The van der Waals surface area contributed by atoms with E-state index in [4.69, 9.17) is 10.5 Å². The summed E-state index contributed by atoms with van der Waals surface area (Å²) in [6.07, 6.45) is 5.56. The summed E-state index contributed by atoms with van der Waals surface area (Å²) in [7, 11) is 0. The van der Waals surface area contributed by atoms with E-state index in [1.807, 2.05) is 38.1 Å². The zero-order chi connectivity index (χ0) is 17.1. The van der Waals surface area contributed by atoms with Gasteiger partial charge in [-0.2, -0.15) is 0 Å². The lowest BCUT2D eigenvalue weighted by Crippen LogP contribution is -2.49. The number of ether oxygens (including phenoxy) is 1. The second kappa shape index (κ2) is 8.91. The number of fused-ring (bicyclic) bond motifs is 2. The fourth-order valence-corrected chi connectivity index (χ4v) is 4.46. The molecule has 0 heterocycles. The van der Waals surface area contributed by atoms with Gasteiger partial charge in [-0.05, 0) is 69.1 Å². The third-order valence-electron chi connectivity index (χ3n) is 5.81. The van der Waals surface area contributed by atoms with Gasteiger partial charge in [0.2, 0.25) is 5.91 Å². The minimum absolute atomic E-state index is 0. The van der Waals surface area contributed by atoms with Crippen molar-refractivity contribution in [2.75, 3.05) is 6.61 Å². The van der Waals surface area contributed by atoms with Gasteiger partial charge in [0, 0.05) is 12.0 Å². The average Bonchev–Trinajstić information content (AvgIpc) is 2.55. The summed E-state index contributed by atoms with van der Waals surface area (Å²) in [6, 6.07) is 8.29. The summed E-state index contributed by atoms with van der Waals surface area (Å²) in [5.41, 5.74) is 7.42. The van der Waals surface area contributed by atoms with Crippen LogP contribution in [-0.2, 0) is 4.79 Å². The van der Waals surface area contributed by atoms with E-state index in [1.54, 1.807) is 0 Å². The molecule has 1 aromatic carbocycles. The van der Waals surface area contributed by atoms with E-state index in [-0.39, 0.29) is 30.3 Å². The maximum atomic E-state index is 12.7. The Morgan fingerprint density at radius 2 is 2.00 bits per heavy atom. The lowest BCUT2D eigenvalue weighted by atomic mass is 9.65. The smallest absolute Gasteiger partial charge is 0.223 e. The van der Waals surface area contributed by atoms with Crippen molar-refractivity contribution in [1.29, 1.82) is 0 Å². The molecule has 5 heteroatoms. The Hall–Kier alpha value is -1.26. The minimum atomic E-state index is -0.00616. The van der Waals surface area contributed by atoms with Crippen LogP contribution in [0.2, 0.25) is 0 Å². The van der Waals surface area contributed by atoms with Gasteiger partial charge in [0.15, 0.2) is 0 Å². The molecule has 25 heavy (non-hydrogen) atoms. The summed E-state index contributed by atoms with van der Waals surface area (Å²) >= 11 is 0. The van der Waals surface area contributed by atoms with Gasteiger partial charge in [0.05, 0.1) is 12.6 Å². The molecule has 3 N–H and O–H groups in total. The van der Waals surface area contributed by atoms with Crippen molar-refractivity contribution in [3.63, 3.8) is 0 Å². The van der Waals surface area contributed by atoms with Crippen LogP contribution >= 0.6 is 12.4 Å². The van der Waals surface area contributed by atoms with Crippen molar-refractivity contribution in [1.82, 2.24) is 5.32 Å². The summed E-state index contributed by atoms with van der Waals surface area (Å²) in [6.45, 7) is 4.66. The molecule has 0 aliphatic heterocycles. The summed E-state index contributed by atoms with van der Waals surface area (Å²) in [5.74, 6) is 2.23. The molecule has 2 aliphatic carbocycles. The quantitative estimate of drug-likeness (QED) is 0.832. The predicted molar refractivity (Wildman–Crippen MR) is 103 cm³/mol. The van der Waals surface area contributed by atoms with Gasteiger partial charge in [-0.3, -0.25) is 4.79 Å². The Balaban J connectivity index is 0.00000225. The molecule has 2 saturated carbocycles. The number of benzene rings is 1. The summed E-state index contributed by atoms with van der Waals surface area (Å²) in [4.78, 5) is 12.7. The molecule has 3 unspecified atom stereocenters. The predicted octanol–water partition coefficient (Wildman–Crippen LogP) is 3.84. The molecule has 1 amide bonds. The van der Waals surface area contributed by atoms with Gasteiger partial charge in [-0.25, -0.2) is 0 Å². The van der Waals surface area contributed by atoms with Crippen LogP contribution in [-0.4, -0.2) is 18.6 Å². The number of halogens is 1. The number of carbonyl (C=O) groups excluding carboxylic acids is 1. The Bertz CT molecular complexity index is 567. The van der Waals surface area contributed by atoms with E-state index >= 15 is 0 Å². The Morgan fingerprint density at radius 1 is 1.32 bits per heavy atom. The molecule has 2 aliphatic rings. The molecule has 3 atom stereocenters. The van der Waals surface area contributed by atoms with Crippen LogP contribution in [0, 0.1) is 17.8 Å². The van der Waals surface area contributed by atoms with Crippen LogP contribution in [0.3, 0.4) is 0 Å². The summed E-state index contributed by atoms with van der Waals surface area (Å²) in [5, 5.41) is 3.20. The molecule has 0 radical (unpaired) electrons. The third kappa shape index (κ3) is 4.68.